The molecule has 146 valence electrons. The van der Waals surface area contributed by atoms with E-state index in [-0.39, 0.29) is 24.0 Å². The SMILES string of the molecule is CCNC(=NCc1ccc(Cl)nc1)NC1CCN(c2cccc(Cl)c2)C1.I. The highest BCUT2D eigenvalue weighted by Crippen LogP contribution is 2.23. The molecule has 2 aromatic rings. The van der Waals surface area contributed by atoms with Gasteiger partial charge in [0.25, 0.3) is 0 Å². The van der Waals surface area contributed by atoms with Crippen LogP contribution >= 0.6 is 47.2 Å². The van der Waals surface area contributed by atoms with Crippen LogP contribution in [0.4, 0.5) is 5.69 Å². The van der Waals surface area contributed by atoms with Crippen LogP contribution in [0.25, 0.3) is 0 Å². The van der Waals surface area contributed by atoms with Gasteiger partial charge in [-0.15, -0.1) is 24.0 Å². The normalized spacial score (nSPS) is 16.8. The molecule has 0 aliphatic carbocycles. The molecule has 3 rings (SSSR count). The fourth-order valence-corrected chi connectivity index (χ4v) is 3.27. The topological polar surface area (TPSA) is 52.6 Å². The van der Waals surface area contributed by atoms with Crippen molar-refractivity contribution < 1.29 is 0 Å². The summed E-state index contributed by atoms with van der Waals surface area (Å²) < 4.78 is 0. The molecule has 0 radical (unpaired) electrons. The number of hydrogen-bond donors (Lipinski definition) is 2. The summed E-state index contributed by atoms with van der Waals surface area (Å²) in [4.78, 5) is 11.1. The maximum Gasteiger partial charge on any atom is 0.191 e. The lowest BCUT2D eigenvalue weighted by Gasteiger charge is -2.20. The molecule has 1 unspecified atom stereocenters. The molecule has 1 aromatic carbocycles. The van der Waals surface area contributed by atoms with Crippen molar-refractivity contribution in [3.63, 3.8) is 0 Å². The van der Waals surface area contributed by atoms with Crippen LogP contribution in [0.15, 0.2) is 47.6 Å². The summed E-state index contributed by atoms with van der Waals surface area (Å²) >= 11 is 11.9. The maximum absolute atomic E-state index is 6.11. The molecule has 1 atom stereocenters. The van der Waals surface area contributed by atoms with Gasteiger partial charge in [-0.2, -0.15) is 0 Å². The quantitative estimate of drug-likeness (QED) is 0.267. The standard InChI is InChI=1S/C19H23Cl2N5.HI/c1-2-22-19(24-12-14-6-7-18(21)23-11-14)25-16-8-9-26(13-16)17-5-3-4-15(20)10-17;/h3-7,10-11,16H,2,8-9,12-13H2,1H3,(H2,22,24,25);1H. The summed E-state index contributed by atoms with van der Waals surface area (Å²) in [6.45, 7) is 5.36. The van der Waals surface area contributed by atoms with Gasteiger partial charge in [0, 0.05) is 42.6 Å². The predicted molar refractivity (Wildman–Crippen MR) is 125 cm³/mol. The van der Waals surface area contributed by atoms with Gasteiger partial charge in [-0.3, -0.25) is 0 Å². The van der Waals surface area contributed by atoms with E-state index in [1.165, 1.54) is 0 Å². The fourth-order valence-electron chi connectivity index (χ4n) is 2.97. The molecule has 0 bridgehead atoms. The number of hydrogen-bond acceptors (Lipinski definition) is 3. The van der Waals surface area contributed by atoms with E-state index in [9.17, 15) is 0 Å². The predicted octanol–water partition coefficient (Wildman–Crippen LogP) is 4.34. The second-order valence-electron chi connectivity index (χ2n) is 6.24. The van der Waals surface area contributed by atoms with Crippen LogP contribution < -0.4 is 15.5 Å². The van der Waals surface area contributed by atoms with E-state index in [2.05, 4.69) is 38.5 Å². The van der Waals surface area contributed by atoms with E-state index < -0.39 is 0 Å². The summed E-state index contributed by atoms with van der Waals surface area (Å²) in [5.41, 5.74) is 2.19. The zero-order valence-corrected chi connectivity index (χ0v) is 19.0. The molecule has 8 heteroatoms. The maximum atomic E-state index is 6.11. The Balaban J connectivity index is 0.00000261. The highest BCUT2D eigenvalue weighted by atomic mass is 127. The van der Waals surface area contributed by atoms with Crippen molar-refractivity contribution in [1.29, 1.82) is 0 Å². The minimum atomic E-state index is 0. The molecular formula is C19H24Cl2IN5. The van der Waals surface area contributed by atoms with Crippen molar-refractivity contribution in [1.82, 2.24) is 15.6 Å². The molecule has 0 saturated carbocycles. The van der Waals surface area contributed by atoms with Crippen molar-refractivity contribution in [3.05, 3.63) is 58.3 Å². The third-order valence-corrected chi connectivity index (χ3v) is 4.71. The van der Waals surface area contributed by atoms with Crippen LogP contribution in [-0.4, -0.2) is 36.6 Å². The van der Waals surface area contributed by atoms with Crippen LogP contribution in [-0.2, 0) is 6.54 Å². The molecule has 5 nitrogen and oxygen atoms in total. The second-order valence-corrected chi connectivity index (χ2v) is 7.06. The van der Waals surface area contributed by atoms with E-state index in [1.807, 2.05) is 24.3 Å². The van der Waals surface area contributed by atoms with Crippen molar-refractivity contribution >= 4 is 58.8 Å². The van der Waals surface area contributed by atoms with Gasteiger partial charge < -0.3 is 15.5 Å². The minimum Gasteiger partial charge on any atom is -0.369 e. The van der Waals surface area contributed by atoms with Gasteiger partial charge in [0.1, 0.15) is 5.15 Å². The van der Waals surface area contributed by atoms with E-state index in [4.69, 9.17) is 23.2 Å². The summed E-state index contributed by atoms with van der Waals surface area (Å²) in [6, 6.07) is 12.1. The van der Waals surface area contributed by atoms with Gasteiger partial charge in [0.15, 0.2) is 5.96 Å². The van der Waals surface area contributed by atoms with Crippen LogP contribution in [0.5, 0.6) is 0 Å². The van der Waals surface area contributed by atoms with Crippen molar-refractivity contribution in [2.45, 2.75) is 25.9 Å². The Hall–Kier alpha value is -1.25. The molecule has 1 aliphatic heterocycles. The first kappa shape index (κ1) is 22.0. The van der Waals surface area contributed by atoms with Gasteiger partial charge >= 0.3 is 0 Å². The van der Waals surface area contributed by atoms with E-state index in [0.717, 1.165) is 48.3 Å². The van der Waals surface area contributed by atoms with E-state index in [0.29, 0.717) is 17.7 Å². The van der Waals surface area contributed by atoms with E-state index >= 15 is 0 Å². The summed E-state index contributed by atoms with van der Waals surface area (Å²) in [6.07, 6.45) is 2.81. The number of anilines is 1. The summed E-state index contributed by atoms with van der Waals surface area (Å²) in [5.74, 6) is 0.820. The fraction of sp³-hybridized carbons (Fsp3) is 0.368. The molecule has 27 heavy (non-hydrogen) atoms. The Morgan fingerprint density at radius 2 is 2.15 bits per heavy atom. The second kappa shape index (κ2) is 10.9. The van der Waals surface area contributed by atoms with Crippen LogP contribution in [0.2, 0.25) is 10.2 Å². The number of guanidine groups is 1. The Kier molecular flexibility index (Phi) is 8.92. The van der Waals surface area contributed by atoms with Crippen molar-refractivity contribution in [2.24, 2.45) is 4.99 Å². The molecule has 1 fully saturated rings. The van der Waals surface area contributed by atoms with Crippen molar-refractivity contribution in [2.75, 3.05) is 24.5 Å². The highest BCUT2D eigenvalue weighted by Gasteiger charge is 2.23. The minimum absolute atomic E-state index is 0. The number of halogens is 3. The Morgan fingerprint density at radius 3 is 2.85 bits per heavy atom. The Labute approximate surface area is 187 Å². The molecule has 2 N–H and O–H groups in total. The van der Waals surface area contributed by atoms with Gasteiger partial charge in [0.05, 0.1) is 6.54 Å². The third-order valence-electron chi connectivity index (χ3n) is 4.26. The van der Waals surface area contributed by atoms with Gasteiger partial charge in [-0.1, -0.05) is 35.3 Å². The monoisotopic (exact) mass is 519 g/mol. The average Bonchev–Trinajstić information content (AvgIpc) is 3.10. The largest absolute Gasteiger partial charge is 0.369 e. The average molecular weight is 520 g/mol. The first-order chi connectivity index (χ1) is 12.6. The molecule has 0 amide bonds. The van der Waals surface area contributed by atoms with Crippen LogP contribution in [0.1, 0.15) is 18.9 Å². The first-order valence-corrected chi connectivity index (χ1v) is 9.55. The first-order valence-electron chi connectivity index (χ1n) is 8.80. The zero-order chi connectivity index (χ0) is 18.4. The number of rotatable bonds is 5. The number of aliphatic imine (C=N–C) groups is 1. The summed E-state index contributed by atoms with van der Waals surface area (Å²) in [5, 5.41) is 8.10. The lowest BCUT2D eigenvalue weighted by atomic mass is 10.2. The number of benzene rings is 1. The number of pyridine rings is 1. The van der Waals surface area contributed by atoms with E-state index in [1.54, 1.807) is 12.3 Å². The number of nitrogens with zero attached hydrogens (tertiary/aromatic N) is 3. The van der Waals surface area contributed by atoms with Gasteiger partial charge in [0.2, 0.25) is 0 Å². The Bertz CT molecular complexity index is 754. The smallest absolute Gasteiger partial charge is 0.191 e. The highest BCUT2D eigenvalue weighted by molar-refractivity contribution is 14.0. The molecule has 1 saturated heterocycles. The van der Waals surface area contributed by atoms with Crippen LogP contribution in [0.3, 0.4) is 0 Å². The lowest BCUT2D eigenvalue weighted by molar-refractivity contribution is 0.649. The zero-order valence-electron chi connectivity index (χ0n) is 15.2. The molecule has 1 aliphatic rings. The number of aromatic nitrogens is 1. The lowest BCUT2D eigenvalue weighted by Crippen LogP contribution is -2.44. The molecule has 0 spiro atoms. The Morgan fingerprint density at radius 1 is 1.30 bits per heavy atom. The molecular weight excluding hydrogens is 496 g/mol. The van der Waals surface area contributed by atoms with Crippen LogP contribution in [0, 0.1) is 0 Å². The molecule has 1 aromatic heterocycles. The molecule has 2 heterocycles. The van der Waals surface area contributed by atoms with Gasteiger partial charge in [-0.05, 0) is 43.2 Å². The number of nitrogens with one attached hydrogen (secondary N) is 2. The summed E-state index contributed by atoms with van der Waals surface area (Å²) in [7, 11) is 0. The third kappa shape index (κ3) is 6.69. The van der Waals surface area contributed by atoms with Gasteiger partial charge in [-0.25, -0.2) is 9.98 Å². The van der Waals surface area contributed by atoms with Crippen molar-refractivity contribution in [3.8, 4) is 0 Å².